The fraction of sp³-hybridized carbons (Fsp3) is 0.125. The van der Waals surface area contributed by atoms with Gasteiger partial charge in [0, 0.05) is 24.9 Å². The molecule has 0 atom stereocenters. The van der Waals surface area contributed by atoms with E-state index in [0.717, 1.165) is 5.56 Å². The largest absolute Gasteiger partial charge is 0.331 e. The molecule has 0 saturated carbocycles. The number of pyridine rings is 1. The van der Waals surface area contributed by atoms with Gasteiger partial charge >= 0.3 is 5.97 Å². The molecule has 0 aliphatic rings. The monoisotopic (exact) mass is 164 g/mol. The van der Waals surface area contributed by atoms with Gasteiger partial charge in [0.2, 0.25) is 0 Å². The van der Waals surface area contributed by atoms with Crippen molar-refractivity contribution >= 4 is 12.2 Å². The Morgan fingerprint density at radius 2 is 2.58 bits per heavy atom. The van der Waals surface area contributed by atoms with Crippen molar-refractivity contribution in [1.82, 2.24) is 4.98 Å². The molecule has 0 spiro atoms. The molecule has 0 N–H and O–H groups in total. The van der Waals surface area contributed by atoms with Crippen LogP contribution in [0.15, 0.2) is 29.7 Å². The predicted octanol–water partition coefficient (Wildman–Crippen LogP) is 0.979. The van der Waals surface area contributed by atoms with Crippen molar-refractivity contribution in [2.75, 3.05) is 0 Å². The molecule has 0 bridgehead atoms. The van der Waals surface area contributed by atoms with E-state index in [1.807, 2.05) is 0 Å². The van der Waals surface area contributed by atoms with E-state index in [2.05, 4.69) is 15.0 Å². The number of carbonyl (C=O) groups excluding carboxylic acids is 1. The Labute approximate surface area is 69.9 Å². The molecule has 62 valence electrons. The Balaban J connectivity index is 2.52. The molecule has 0 aliphatic carbocycles. The summed E-state index contributed by atoms with van der Waals surface area (Å²) >= 11 is 0. The molecule has 0 aromatic carbocycles. The molecule has 0 amide bonds. The average molecular weight is 164 g/mol. The number of hydrogen-bond acceptors (Lipinski definition) is 4. The Hall–Kier alpha value is -1.71. The third-order valence-electron chi connectivity index (χ3n) is 1.07. The molecule has 0 saturated heterocycles. The zero-order chi connectivity index (χ0) is 8.81. The van der Waals surface area contributed by atoms with Crippen LogP contribution in [0.4, 0.5) is 0 Å². The first-order chi connectivity index (χ1) is 5.79. The van der Waals surface area contributed by atoms with E-state index in [0.29, 0.717) is 0 Å². The van der Waals surface area contributed by atoms with Gasteiger partial charge in [-0.2, -0.15) is 0 Å². The van der Waals surface area contributed by atoms with Crippen molar-refractivity contribution in [3.8, 4) is 0 Å². The van der Waals surface area contributed by atoms with Crippen LogP contribution in [0.3, 0.4) is 0 Å². The lowest BCUT2D eigenvalue weighted by Crippen LogP contribution is -1.91. The van der Waals surface area contributed by atoms with Crippen LogP contribution in [0, 0.1) is 0 Å². The standard InChI is InChI=1S/C8H8N2O2/c1-7(11)12-10-6-8-3-2-4-9-5-8/h2-6H,1H3/b10-6-. The van der Waals surface area contributed by atoms with E-state index in [1.54, 1.807) is 24.5 Å². The lowest BCUT2D eigenvalue weighted by molar-refractivity contribution is -0.140. The van der Waals surface area contributed by atoms with Gasteiger partial charge in [-0.05, 0) is 6.07 Å². The summed E-state index contributed by atoms with van der Waals surface area (Å²) < 4.78 is 0. The third-order valence-corrected chi connectivity index (χ3v) is 1.07. The fourth-order valence-corrected chi connectivity index (χ4v) is 0.614. The summed E-state index contributed by atoms with van der Waals surface area (Å²) in [6.45, 7) is 1.29. The Bertz CT molecular complexity index is 282. The highest BCUT2D eigenvalue weighted by Crippen LogP contribution is 1.90. The molecule has 1 heterocycles. The molecule has 1 rings (SSSR count). The molecule has 0 aliphatic heterocycles. The van der Waals surface area contributed by atoms with E-state index in [1.165, 1.54) is 13.1 Å². The number of nitrogens with zero attached hydrogens (tertiary/aromatic N) is 2. The maximum Gasteiger partial charge on any atom is 0.331 e. The predicted molar refractivity (Wildman–Crippen MR) is 43.6 cm³/mol. The van der Waals surface area contributed by atoms with Gasteiger partial charge in [0.1, 0.15) is 0 Å². The highest BCUT2D eigenvalue weighted by Gasteiger charge is 1.87. The fourth-order valence-electron chi connectivity index (χ4n) is 0.614. The topological polar surface area (TPSA) is 51.5 Å². The number of carbonyl (C=O) groups is 1. The molecular weight excluding hydrogens is 156 g/mol. The zero-order valence-corrected chi connectivity index (χ0v) is 6.60. The lowest BCUT2D eigenvalue weighted by Gasteiger charge is -1.89. The number of oxime groups is 1. The van der Waals surface area contributed by atoms with Crippen molar-refractivity contribution in [2.45, 2.75) is 6.92 Å². The normalized spacial score (nSPS) is 10.1. The van der Waals surface area contributed by atoms with Gasteiger partial charge < -0.3 is 4.84 Å². The summed E-state index contributed by atoms with van der Waals surface area (Å²) in [5, 5.41) is 3.43. The summed E-state index contributed by atoms with van der Waals surface area (Å²) in [6, 6.07) is 3.58. The molecule has 0 radical (unpaired) electrons. The van der Waals surface area contributed by atoms with Gasteiger partial charge in [0.05, 0.1) is 6.21 Å². The molecule has 0 unspecified atom stereocenters. The first kappa shape index (κ1) is 8.39. The minimum absolute atomic E-state index is 0.435. The third kappa shape index (κ3) is 2.92. The van der Waals surface area contributed by atoms with Gasteiger partial charge in [-0.1, -0.05) is 11.2 Å². The minimum atomic E-state index is -0.435. The molecule has 4 nitrogen and oxygen atoms in total. The summed E-state index contributed by atoms with van der Waals surface area (Å²) in [4.78, 5) is 18.5. The van der Waals surface area contributed by atoms with Crippen molar-refractivity contribution in [3.05, 3.63) is 30.1 Å². The first-order valence-corrected chi connectivity index (χ1v) is 3.40. The smallest absolute Gasteiger partial charge is 0.319 e. The lowest BCUT2D eigenvalue weighted by atomic mass is 10.3. The van der Waals surface area contributed by atoms with Crippen LogP contribution in [0.2, 0.25) is 0 Å². The van der Waals surface area contributed by atoms with E-state index < -0.39 is 5.97 Å². The van der Waals surface area contributed by atoms with Crippen LogP contribution in [0.25, 0.3) is 0 Å². The number of aromatic nitrogens is 1. The number of hydrogen-bond donors (Lipinski definition) is 0. The molecule has 0 fully saturated rings. The molecule has 1 aromatic rings. The van der Waals surface area contributed by atoms with Crippen molar-refractivity contribution < 1.29 is 9.63 Å². The second-order valence-electron chi connectivity index (χ2n) is 2.10. The van der Waals surface area contributed by atoms with Crippen molar-refractivity contribution in [3.63, 3.8) is 0 Å². The number of rotatable bonds is 2. The van der Waals surface area contributed by atoms with Crippen LogP contribution in [-0.2, 0) is 9.63 Å². The molecule has 1 aromatic heterocycles. The SMILES string of the molecule is CC(=O)O/N=C\c1cccnc1. The van der Waals surface area contributed by atoms with E-state index in [9.17, 15) is 4.79 Å². The van der Waals surface area contributed by atoms with Gasteiger partial charge in [-0.15, -0.1) is 0 Å². The second kappa shape index (κ2) is 4.23. The van der Waals surface area contributed by atoms with E-state index in [4.69, 9.17) is 0 Å². The van der Waals surface area contributed by atoms with Crippen LogP contribution in [0.1, 0.15) is 12.5 Å². The van der Waals surface area contributed by atoms with Gasteiger partial charge in [-0.25, -0.2) is 4.79 Å². The van der Waals surface area contributed by atoms with Crippen LogP contribution >= 0.6 is 0 Å². The van der Waals surface area contributed by atoms with Gasteiger partial charge in [0.15, 0.2) is 0 Å². The Morgan fingerprint density at radius 1 is 1.75 bits per heavy atom. The van der Waals surface area contributed by atoms with Crippen LogP contribution in [0.5, 0.6) is 0 Å². The minimum Gasteiger partial charge on any atom is -0.319 e. The maximum atomic E-state index is 10.3. The molecular formula is C8H8N2O2. The maximum absolute atomic E-state index is 10.3. The molecule has 4 heteroatoms. The summed E-state index contributed by atoms with van der Waals surface area (Å²) in [6.07, 6.45) is 4.70. The summed E-state index contributed by atoms with van der Waals surface area (Å²) in [5.74, 6) is -0.435. The Morgan fingerprint density at radius 3 is 3.17 bits per heavy atom. The average Bonchev–Trinajstić information content (AvgIpc) is 2.05. The first-order valence-electron chi connectivity index (χ1n) is 3.40. The summed E-state index contributed by atoms with van der Waals surface area (Å²) in [7, 11) is 0. The van der Waals surface area contributed by atoms with Crippen LogP contribution < -0.4 is 0 Å². The summed E-state index contributed by atoms with van der Waals surface area (Å²) in [5.41, 5.74) is 0.791. The quantitative estimate of drug-likeness (QED) is 0.372. The second-order valence-corrected chi connectivity index (χ2v) is 2.10. The zero-order valence-electron chi connectivity index (χ0n) is 6.60. The molecule has 12 heavy (non-hydrogen) atoms. The van der Waals surface area contributed by atoms with Crippen molar-refractivity contribution in [1.29, 1.82) is 0 Å². The highest BCUT2D eigenvalue weighted by molar-refractivity contribution is 5.79. The van der Waals surface area contributed by atoms with Crippen molar-refractivity contribution in [2.24, 2.45) is 5.16 Å². The van der Waals surface area contributed by atoms with Gasteiger partial charge in [-0.3, -0.25) is 4.98 Å². The Kier molecular flexibility index (Phi) is 2.95. The highest BCUT2D eigenvalue weighted by atomic mass is 16.7. The van der Waals surface area contributed by atoms with Gasteiger partial charge in [0.25, 0.3) is 0 Å². The van der Waals surface area contributed by atoms with E-state index >= 15 is 0 Å². The van der Waals surface area contributed by atoms with Crippen LogP contribution in [-0.4, -0.2) is 17.2 Å². The van der Waals surface area contributed by atoms with E-state index in [-0.39, 0.29) is 0 Å².